The van der Waals surface area contributed by atoms with Crippen LogP contribution in [-0.2, 0) is 0 Å². The maximum atomic E-state index is 12.0. The molecule has 0 fully saturated rings. The number of nitro groups is 1. The number of carbonyl (C=O) groups excluding carboxylic acids is 1. The average Bonchev–Trinajstić information content (AvgIpc) is 2.51. The van der Waals surface area contributed by atoms with Crippen molar-refractivity contribution >= 4 is 40.4 Å². The van der Waals surface area contributed by atoms with E-state index in [2.05, 4.69) is 5.32 Å². The van der Waals surface area contributed by atoms with Gasteiger partial charge in [-0.15, -0.1) is 0 Å². The zero-order valence-corrected chi connectivity index (χ0v) is 12.9. The minimum atomic E-state index is -0.523. The van der Waals surface area contributed by atoms with E-state index in [0.717, 1.165) is 5.69 Å². The smallest absolute Gasteiger partial charge is 0.270 e. The van der Waals surface area contributed by atoms with Crippen LogP contribution in [0.2, 0.25) is 10.0 Å². The Balaban J connectivity index is 1.94. The predicted molar refractivity (Wildman–Crippen MR) is 87.0 cm³/mol. The van der Waals surface area contributed by atoms with Crippen molar-refractivity contribution < 1.29 is 9.72 Å². The molecule has 0 aliphatic rings. The second kappa shape index (κ2) is 7.24. The van der Waals surface area contributed by atoms with E-state index >= 15 is 0 Å². The van der Waals surface area contributed by atoms with Gasteiger partial charge in [-0.05, 0) is 18.2 Å². The molecule has 0 aliphatic heterocycles. The molecule has 22 heavy (non-hydrogen) atoms. The molecule has 0 heterocycles. The molecule has 0 saturated heterocycles. The average molecular weight is 339 g/mol. The number of nitro benzene ring substituents is 1. The second-order valence-corrected chi connectivity index (χ2v) is 5.35. The van der Waals surface area contributed by atoms with Crippen molar-refractivity contribution in [1.29, 1.82) is 0 Å². The summed E-state index contributed by atoms with van der Waals surface area (Å²) < 4.78 is 0. The molecular formula is C15H12Cl2N2O3. The normalized spacial score (nSPS) is 10.3. The first kappa shape index (κ1) is 16.3. The van der Waals surface area contributed by atoms with Gasteiger partial charge in [0, 0.05) is 36.3 Å². The maximum absolute atomic E-state index is 12.0. The lowest BCUT2D eigenvalue weighted by Gasteiger charge is -2.07. The highest BCUT2D eigenvalue weighted by atomic mass is 35.5. The van der Waals surface area contributed by atoms with Gasteiger partial charge < -0.3 is 5.32 Å². The first-order chi connectivity index (χ1) is 10.5. The number of hydrogen-bond donors (Lipinski definition) is 1. The number of anilines is 1. The fourth-order valence-electron chi connectivity index (χ4n) is 1.86. The first-order valence-electron chi connectivity index (χ1n) is 6.44. The van der Waals surface area contributed by atoms with Gasteiger partial charge in [0.2, 0.25) is 0 Å². The molecule has 0 aromatic heterocycles. The van der Waals surface area contributed by atoms with Crippen LogP contribution in [0.5, 0.6) is 0 Å². The van der Waals surface area contributed by atoms with E-state index in [1.54, 1.807) is 24.3 Å². The molecular weight excluding hydrogens is 327 g/mol. The van der Waals surface area contributed by atoms with Crippen molar-refractivity contribution in [3.8, 4) is 0 Å². The van der Waals surface area contributed by atoms with Crippen LogP contribution < -0.4 is 5.32 Å². The van der Waals surface area contributed by atoms with E-state index in [-0.39, 0.29) is 17.9 Å². The number of nitrogens with zero attached hydrogens (tertiary/aromatic N) is 1. The van der Waals surface area contributed by atoms with Crippen LogP contribution in [0.4, 0.5) is 11.4 Å². The molecule has 0 unspecified atom stereocenters. The molecule has 1 N–H and O–H groups in total. The lowest BCUT2D eigenvalue weighted by atomic mass is 10.1. The van der Waals surface area contributed by atoms with Crippen molar-refractivity contribution in [3.63, 3.8) is 0 Å². The molecule has 2 rings (SSSR count). The lowest BCUT2D eigenvalue weighted by Crippen LogP contribution is -2.09. The van der Waals surface area contributed by atoms with Crippen LogP contribution in [0.1, 0.15) is 16.8 Å². The van der Waals surface area contributed by atoms with E-state index < -0.39 is 4.92 Å². The third kappa shape index (κ3) is 4.19. The first-order valence-corrected chi connectivity index (χ1v) is 7.19. The van der Waals surface area contributed by atoms with E-state index in [4.69, 9.17) is 23.2 Å². The summed E-state index contributed by atoms with van der Waals surface area (Å²) in [5.74, 6) is -0.170. The highest BCUT2D eigenvalue weighted by Crippen LogP contribution is 2.25. The molecule has 114 valence electrons. The second-order valence-electron chi connectivity index (χ2n) is 4.54. The number of Topliss-reactive ketones (excluding diaryl/α,β-unsaturated/α-hetero) is 1. The zero-order chi connectivity index (χ0) is 16.1. The number of hydrogen-bond acceptors (Lipinski definition) is 4. The Morgan fingerprint density at radius 1 is 1.14 bits per heavy atom. The Morgan fingerprint density at radius 3 is 2.59 bits per heavy atom. The van der Waals surface area contributed by atoms with E-state index in [9.17, 15) is 14.9 Å². The van der Waals surface area contributed by atoms with Gasteiger partial charge in [0.15, 0.2) is 5.78 Å². The minimum absolute atomic E-state index is 0.0942. The number of ketones is 1. The summed E-state index contributed by atoms with van der Waals surface area (Å²) >= 11 is 11.7. The number of carbonyl (C=O) groups is 1. The van der Waals surface area contributed by atoms with Gasteiger partial charge >= 0.3 is 0 Å². The highest BCUT2D eigenvalue weighted by molar-refractivity contribution is 6.42. The molecule has 2 aromatic rings. The number of rotatable bonds is 6. The van der Waals surface area contributed by atoms with Crippen LogP contribution in [0.3, 0.4) is 0 Å². The van der Waals surface area contributed by atoms with Crippen LogP contribution in [0, 0.1) is 10.1 Å². The number of benzene rings is 2. The maximum Gasteiger partial charge on any atom is 0.270 e. The molecule has 7 heteroatoms. The molecule has 2 aromatic carbocycles. The monoisotopic (exact) mass is 338 g/mol. The summed E-state index contributed by atoms with van der Waals surface area (Å²) in [5.41, 5.74) is 0.981. The van der Waals surface area contributed by atoms with Crippen molar-refractivity contribution in [2.24, 2.45) is 0 Å². The van der Waals surface area contributed by atoms with Gasteiger partial charge in [-0.1, -0.05) is 35.3 Å². The fourth-order valence-corrected chi connectivity index (χ4v) is 2.16. The van der Waals surface area contributed by atoms with E-state index in [0.29, 0.717) is 22.2 Å². The van der Waals surface area contributed by atoms with E-state index in [1.807, 2.05) is 0 Å². The summed E-state index contributed by atoms with van der Waals surface area (Å²) in [4.78, 5) is 22.2. The SMILES string of the molecule is O=C(CCNc1ccc(Cl)c(Cl)c1)c1cccc([N+](=O)[O-])c1. The van der Waals surface area contributed by atoms with Crippen molar-refractivity contribution in [2.45, 2.75) is 6.42 Å². The molecule has 5 nitrogen and oxygen atoms in total. The van der Waals surface area contributed by atoms with Crippen LogP contribution >= 0.6 is 23.2 Å². The fraction of sp³-hybridized carbons (Fsp3) is 0.133. The third-order valence-corrected chi connectivity index (χ3v) is 3.72. The largest absolute Gasteiger partial charge is 0.385 e. The molecule has 0 radical (unpaired) electrons. The quantitative estimate of drug-likeness (QED) is 0.475. The topological polar surface area (TPSA) is 72.2 Å². The van der Waals surface area contributed by atoms with Gasteiger partial charge in [-0.3, -0.25) is 14.9 Å². The summed E-state index contributed by atoms with van der Waals surface area (Å²) in [6.45, 7) is 0.388. The van der Waals surface area contributed by atoms with Crippen LogP contribution in [0.15, 0.2) is 42.5 Å². The van der Waals surface area contributed by atoms with Crippen LogP contribution in [-0.4, -0.2) is 17.3 Å². The Bertz CT molecular complexity index is 720. The summed E-state index contributed by atoms with van der Waals surface area (Å²) in [7, 11) is 0. The summed E-state index contributed by atoms with van der Waals surface area (Å²) in [6, 6.07) is 10.8. The van der Waals surface area contributed by atoms with E-state index in [1.165, 1.54) is 18.2 Å². The number of non-ortho nitro benzene ring substituents is 1. The van der Waals surface area contributed by atoms with Gasteiger partial charge in [-0.25, -0.2) is 0 Å². The lowest BCUT2D eigenvalue weighted by molar-refractivity contribution is -0.384. The molecule has 0 bridgehead atoms. The standard InChI is InChI=1S/C15H12Cl2N2O3/c16-13-5-4-11(9-14(13)17)18-7-6-15(20)10-2-1-3-12(8-10)19(21)22/h1-5,8-9,18H,6-7H2. The minimum Gasteiger partial charge on any atom is -0.385 e. The van der Waals surface area contributed by atoms with Gasteiger partial charge in [0.05, 0.1) is 15.0 Å². The van der Waals surface area contributed by atoms with Crippen molar-refractivity contribution in [2.75, 3.05) is 11.9 Å². The summed E-state index contributed by atoms with van der Waals surface area (Å²) in [5, 5.41) is 14.6. The Kier molecular flexibility index (Phi) is 5.35. The molecule has 0 atom stereocenters. The molecule has 0 aliphatic carbocycles. The van der Waals surface area contributed by atoms with Crippen LogP contribution in [0.25, 0.3) is 0 Å². The Hall–Kier alpha value is -2.11. The van der Waals surface area contributed by atoms with Gasteiger partial charge in [0.1, 0.15) is 0 Å². The van der Waals surface area contributed by atoms with Crippen molar-refractivity contribution in [1.82, 2.24) is 0 Å². The zero-order valence-electron chi connectivity index (χ0n) is 11.4. The molecule has 0 saturated carbocycles. The Morgan fingerprint density at radius 2 is 1.91 bits per heavy atom. The molecule has 0 spiro atoms. The third-order valence-electron chi connectivity index (χ3n) is 2.98. The summed E-state index contributed by atoms with van der Waals surface area (Å²) in [6.07, 6.45) is 0.210. The number of nitrogens with one attached hydrogen (secondary N) is 1. The molecule has 0 amide bonds. The highest BCUT2D eigenvalue weighted by Gasteiger charge is 2.11. The van der Waals surface area contributed by atoms with Gasteiger partial charge in [0.25, 0.3) is 5.69 Å². The number of halogens is 2. The van der Waals surface area contributed by atoms with Crippen molar-refractivity contribution in [3.05, 3.63) is 68.2 Å². The Labute approximate surface area is 137 Å². The van der Waals surface area contributed by atoms with Gasteiger partial charge in [-0.2, -0.15) is 0 Å². The predicted octanol–water partition coefficient (Wildman–Crippen LogP) is 4.59.